The van der Waals surface area contributed by atoms with Gasteiger partial charge in [0.25, 0.3) is 0 Å². The van der Waals surface area contributed by atoms with Crippen LogP contribution in [0.4, 0.5) is 0 Å². The van der Waals surface area contributed by atoms with Crippen molar-refractivity contribution in [2.24, 2.45) is 10.9 Å². The molecule has 0 aliphatic carbocycles. The lowest BCUT2D eigenvalue weighted by atomic mass is 10.2. The van der Waals surface area contributed by atoms with E-state index in [1.54, 1.807) is 6.20 Å². The van der Waals surface area contributed by atoms with Crippen molar-refractivity contribution in [3.8, 4) is 5.75 Å². The molecule has 2 N–H and O–H groups in total. The minimum absolute atomic E-state index is 0.0279. The number of nitrogens with two attached hydrogens (primary N) is 1. The van der Waals surface area contributed by atoms with Crippen LogP contribution < -0.4 is 10.5 Å². The normalized spacial score (nSPS) is 19.1. The highest BCUT2D eigenvalue weighted by atomic mass is 16.7. The van der Waals surface area contributed by atoms with Gasteiger partial charge in [0, 0.05) is 18.7 Å². The number of ether oxygens (including phenoxy) is 1. The van der Waals surface area contributed by atoms with Crippen LogP contribution in [0.25, 0.3) is 0 Å². The van der Waals surface area contributed by atoms with Crippen LogP contribution in [0.15, 0.2) is 23.5 Å². The fraction of sp³-hybridized carbons (Fsp3) is 0.455. The van der Waals surface area contributed by atoms with E-state index in [0.29, 0.717) is 13.2 Å². The summed E-state index contributed by atoms with van der Waals surface area (Å²) in [7, 11) is 0. The van der Waals surface area contributed by atoms with E-state index in [2.05, 4.69) is 10.1 Å². The average molecular weight is 221 g/mol. The number of hydrogen-bond acceptors (Lipinski definition) is 5. The summed E-state index contributed by atoms with van der Waals surface area (Å²) in [6, 6.07) is 3.80. The van der Waals surface area contributed by atoms with Gasteiger partial charge in [0.2, 0.25) is 0 Å². The molecule has 1 aromatic heterocycles. The van der Waals surface area contributed by atoms with Crippen molar-refractivity contribution < 1.29 is 9.57 Å². The van der Waals surface area contributed by atoms with E-state index in [1.807, 2.05) is 19.1 Å². The molecule has 5 heteroatoms. The predicted octanol–water partition coefficient (Wildman–Crippen LogP) is 0.872. The van der Waals surface area contributed by atoms with Gasteiger partial charge in [-0.05, 0) is 19.1 Å². The van der Waals surface area contributed by atoms with Crippen LogP contribution in [-0.2, 0) is 4.84 Å². The molecule has 16 heavy (non-hydrogen) atoms. The standard InChI is InChI=1S/C11H15N3O2/c1-8-2-3-10(6-13-8)15-7-11-4-9(5-12)14-16-11/h2-3,6,11H,4-5,7,12H2,1H3. The molecule has 5 nitrogen and oxygen atoms in total. The van der Waals surface area contributed by atoms with Gasteiger partial charge in [-0.25, -0.2) is 0 Å². The van der Waals surface area contributed by atoms with Gasteiger partial charge in [-0.1, -0.05) is 5.16 Å². The number of oxime groups is 1. The average Bonchev–Trinajstić information content (AvgIpc) is 2.76. The molecule has 1 aliphatic rings. The number of nitrogens with zero attached hydrogens (tertiary/aromatic N) is 2. The van der Waals surface area contributed by atoms with Crippen molar-refractivity contribution in [1.29, 1.82) is 0 Å². The summed E-state index contributed by atoms with van der Waals surface area (Å²) in [4.78, 5) is 9.31. The number of aryl methyl sites for hydroxylation is 1. The second-order valence-electron chi connectivity index (χ2n) is 3.74. The van der Waals surface area contributed by atoms with Gasteiger partial charge >= 0.3 is 0 Å². The largest absolute Gasteiger partial charge is 0.488 e. The monoisotopic (exact) mass is 221 g/mol. The maximum Gasteiger partial charge on any atom is 0.166 e. The minimum Gasteiger partial charge on any atom is -0.488 e. The molecule has 0 radical (unpaired) electrons. The van der Waals surface area contributed by atoms with Crippen LogP contribution in [-0.4, -0.2) is 30.0 Å². The molecule has 2 rings (SSSR count). The molecule has 2 heterocycles. The zero-order valence-corrected chi connectivity index (χ0v) is 9.22. The third-order valence-electron chi connectivity index (χ3n) is 2.35. The van der Waals surface area contributed by atoms with E-state index in [1.165, 1.54) is 0 Å². The first-order valence-corrected chi connectivity index (χ1v) is 5.25. The summed E-state index contributed by atoms with van der Waals surface area (Å²) in [5.41, 5.74) is 7.31. The molecule has 1 aliphatic heterocycles. The molecule has 0 saturated carbocycles. The van der Waals surface area contributed by atoms with E-state index in [0.717, 1.165) is 23.6 Å². The van der Waals surface area contributed by atoms with Crippen LogP contribution in [0, 0.1) is 6.92 Å². The molecule has 0 saturated heterocycles. The Morgan fingerprint density at radius 3 is 3.06 bits per heavy atom. The maximum atomic E-state index is 5.54. The summed E-state index contributed by atoms with van der Waals surface area (Å²) in [5.74, 6) is 0.746. The van der Waals surface area contributed by atoms with Crippen molar-refractivity contribution in [2.75, 3.05) is 13.2 Å². The van der Waals surface area contributed by atoms with Crippen LogP contribution in [0.1, 0.15) is 12.1 Å². The molecule has 1 atom stereocenters. The molecule has 0 fully saturated rings. The van der Waals surface area contributed by atoms with Crippen molar-refractivity contribution in [3.63, 3.8) is 0 Å². The molecule has 1 unspecified atom stereocenters. The summed E-state index contributed by atoms with van der Waals surface area (Å²) < 4.78 is 5.54. The van der Waals surface area contributed by atoms with Crippen molar-refractivity contribution >= 4 is 5.71 Å². The zero-order chi connectivity index (χ0) is 11.4. The Hall–Kier alpha value is -1.62. The lowest BCUT2D eigenvalue weighted by Crippen LogP contribution is -2.20. The Labute approximate surface area is 94.3 Å². The van der Waals surface area contributed by atoms with E-state index >= 15 is 0 Å². The van der Waals surface area contributed by atoms with Gasteiger partial charge in [0.1, 0.15) is 12.4 Å². The second-order valence-corrected chi connectivity index (χ2v) is 3.74. The minimum atomic E-state index is -0.0279. The number of aromatic nitrogens is 1. The summed E-state index contributed by atoms with van der Waals surface area (Å²) in [6.45, 7) is 2.85. The Kier molecular flexibility index (Phi) is 3.36. The lowest BCUT2D eigenvalue weighted by molar-refractivity contribution is 0.0469. The first-order chi connectivity index (χ1) is 7.78. The highest BCUT2D eigenvalue weighted by Gasteiger charge is 2.20. The van der Waals surface area contributed by atoms with E-state index in [9.17, 15) is 0 Å². The molecular formula is C11H15N3O2. The fourth-order valence-corrected chi connectivity index (χ4v) is 1.43. The Morgan fingerprint density at radius 2 is 2.44 bits per heavy atom. The Morgan fingerprint density at radius 1 is 1.56 bits per heavy atom. The van der Waals surface area contributed by atoms with Crippen LogP contribution in [0.5, 0.6) is 5.75 Å². The number of hydrogen-bond donors (Lipinski definition) is 1. The van der Waals surface area contributed by atoms with Crippen LogP contribution in [0.2, 0.25) is 0 Å². The molecule has 0 spiro atoms. The third-order valence-corrected chi connectivity index (χ3v) is 2.35. The summed E-state index contributed by atoms with van der Waals surface area (Å²) in [6.07, 6.45) is 2.42. The molecule has 1 aromatic rings. The quantitative estimate of drug-likeness (QED) is 0.819. The lowest BCUT2D eigenvalue weighted by Gasteiger charge is -2.10. The van der Waals surface area contributed by atoms with Crippen LogP contribution >= 0.6 is 0 Å². The van der Waals surface area contributed by atoms with Gasteiger partial charge in [0.05, 0.1) is 11.9 Å². The first-order valence-electron chi connectivity index (χ1n) is 5.25. The summed E-state index contributed by atoms with van der Waals surface area (Å²) in [5, 5.41) is 3.86. The second kappa shape index (κ2) is 4.94. The van der Waals surface area contributed by atoms with E-state index in [4.69, 9.17) is 15.3 Å². The van der Waals surface area contributed by atoms with Gasteiger partial charge in [-0.2, -0.15) is 0 Å². The van der Waals surface area contributed by atoms with Gasteiger partial charge < -0.3 is 15.3 Å². The van der Waals surface area contributed by atoms with Crippen molar-refractivity contribution in [1.82, 2.24) is 4.98 Å². The summed E-state index contributed by atoms with van der Waals surface area (Å²) >= 11 is 0. The number of rotatable bonds is 4. The van der Waals surface area contributed by atoms with Crippen molar-refractivity contribution in [2.45, 2.75) is 19.4 Å². The van der Waals surface area contributed by atoms with Crippen LogP contribution in [0.3, 0.4) is 0 Å². The van der Waals surface area contributed by atoms with Gasteiger partial charge in [0.15, 0.2) is 6.10 Å². The van der Waals surface area contributed by atoms with Gasteiger partial charge in [-0.15, -0.1) is 0 Å². The third kappa shape index (κ3) is 2.70. The molecule has 0 amide bonds. The molecule has 86 valence electrons. The smallest absolute Gasteiger partial charge is 0.166 e. The molecular weight excluding hydrogens is 206 g/mol. The highest BCUT2D eigenvalue weighted by Crippen LogP contribution is 2.13. The molecule has 0 bridgehead atoms. The fourth-order valence-electron chi connectivity index (χ4n) is 1.43. The topological polar surface area (TPSA) is 69.7 Å². The van der Waals surface area contributed by atoms with Gasteiger partial charge in [-0.3, -0.25) is 4.98 Å². The first kappa shape index (κ1) is 10.9. The number of pyridine rings is 1. The molecule has 0 aromatic carbocycles. The highest BCUT2D eigenvalue weighted by molar-refractivity contribution is 5.87. The predicted molar refractivity (Wildman–Crippen MR) is 60.4 cm³/mol. The Balaban J connectivity index is 1.78. The maximum absolute atomic E-state index is 5.54. The SMILES string of the molecule is Cc1ccc(OCC2CC(CN)=NO2)cn1. The van der Waals surface area contributed by atoms with Crippen molar-refractivity contribution in [3.05, 3.63) is 24.0 Å². The van der Waals surface area contributed by atoms with E-state index < -0.39 is 0 Å². The zero-order valence-electron chi connectivity index (χ0n) is 9.22. The Bertz CT molecular complexity index is 375. The van der Waals surface area contributed by atoms with E-state index in [-0.39, 0.29) is 6.10 Å².